The number of halogens is 1. The Balaban J connectivity index is 1.52. The van der Waals surface area contributed by atoms with Crippen LogP contribution in [0.15, 0.2) is 67.0 Å². The third kappa shape index (κ3) is 4.90. The zero-order chi connectivity index (χ0) is 22.7. The maximum atomic E-state index is 12.5. The summed E-state index contributed by atoms with van der Waals surface area (Å²) in [4.78, 5) is 28.0. The zero-order valence-corrected chi connectivity index (χ0v) is 18.4. The molecule has 8 heteroatoms. The molecule has 0 saturated carbocycles. The minimum absolute atomic E-state index is 0.164. The number of amides is 3. The van der Waals surface area contributed by atoms with Crippen molar-refractivity contribution in [3.05, 3.63) is 83.1 Å². The Morgan fingerprint density at radius 1 is 1.03 bits per heavy atom. The van der Waals surface area contributed by atoms with Crippen LogP contribution < -0.4 is 16.0 Å². The second kappa shape index (κ2) is 9.11. The number of aryl methyl sites for hydroxylation is 1. The summed E-state index contributed by atoms with van der Waals surface area (Å²) in [5, 5.41) is 9.93. The summed E-state index contributed by atoms with van der Waals surface area (Å²) in [6.07, 6.45) is 3.63. The zero-order valence-electron chi connectivity index (χ0n) is 17.6. The SMILES string of the molecule is CC(=O)Nc1cc(Cn2ccc3c(NC(=O)Nc4ccc(C)c(Cl)c4)cccc32)ccn1. The van der Waals surface area contributed by atoms with Crippen LogP contribution in [0.25, 0.3) is 10.9 Å². The average Bonchev–Trinajstić information content (AvgIpc) is 3.14. The number of carbonyl (C=O) groups is 2. The van der Waals surface area contributed by atoms with Gasteiger partial charge in [-0.25, -0.2) is 9.78 Å². The molecule has 0 fully saturated rings. The van der Waals surface area contributed by atoms with Crippen LogP contribution >= 0.6 is 11.6 Å². The van der Waals surface area contributed by atoms with Crippen LogP contribution in [0.3, 0.4) is 0 Å². The molecule has 2 aromatic carbocycles. The van der Waals surface area contributed by atoms with Crippen molar-refractivity contribution >= 4 is 51.6 Å². The van der Waals surface area contributed by atoms with Crippen molar-refractivity contribution in [3.8, 4) is 0 Å². The van der Waals surface area contributed by atoms with Crippen molar-refractivity contribution in [2.75, 3.05) is 16.0 Å². The van der Waals surface area contributed by atoms with E-state index in [4.69, 9.17) is 11.6 Å². The topological polar surface area (TPSA) is 88.0 Å². The van der Waals surface area contributed by atoms with E-state index in [-0.39, 0.29) is 11.9 Å². The van der Waals surface area contributed by atoms with E-state index in [1.165, 1.54) is 6.92 Å². The monoisotopic (exact) mass is 447 g/mol. The lowest BCUT2D eigenvalue weighted by Gasteiger charge is -2.11. The van der Waals surface area contributed by atoms with E-state index in [0.29, 0.717) is 28.8 Å². The first-order chi connectivity index (χ1) is 15.4. The molecule has 0 unspecified atom stereocenters. The normalized spacial score (nSPS) is 10.7. The van der Waals surface area contributed by atoms with Crippen LogP contribution in [-0.4, -0.2) is 21.5 Å². The summed E-state index contributed by atoms with van der Waals surface area (Å²) in [5.41, 5.74) is 4.23. The van der Waals surface area contributed by atoms with Crippen LogP contribution in [0.2, 0.25) is 5.02 Å². The van der Waals surface area contributed by atoms with Gasteiger partial charge in [0.2, 0.25) is 5.91 Å². The minimum Gasteiger partial charge on any atom is -0.343 e. The number of pyridine rings is 1. The molecule has 4 aromatic rings. The summed E-state index contributed by atoms with van der Waals surface area (Å²) < 4.78 is 2.07. The van der Waals surface area contributed by atoms with Crippen molar-refractivity contribution in [1.29, 1.82) is 0 Å². The number of hydrogen-bond donors (Lipinski definition) is 3. The van der Waals surface area contributed by atoms with Crippen LogP contribution in [0, 0.1) is 6.92 Å². The summed E-state index contributed by atoms with van der Waals surface area (Å²) in [5.74, 6) is 0.352. The number of carbonyl (C=O) groups excluding carboxylic acids is 2. The Hall–Kier alpha value is -3.84. The number of benzene rings is 2. The van der Waals surface area contributed by atoms with Crippen LogP contribution in [0.4, 0.5) is 22.0 Å². The number of nitrogens with one attached hydrogen (secondary N) is 3. The molecular formula is C24H22ClN5O2. The molecular weight excluding hydrogens is 426 g/mol. The van der Waals surface area contributed by atoms with Gasteiger partial charge in [-0.2, -0.15) is 0 Å². The molecule has 4 rings (SSSR count). The molecule has 0 aliphatic rings. The molecule has 2 aromatic heterocycles. The summed E-state index contributed by atoms with van der Waals surface area (Å²) in [6, 6.07) is 16.5. The van der Waals surface area contributed by atoms with Crippen molar-refractivity contribution in [2.45, 2.75) is 20.4 Å². The summed E-state index contributed by atoms with van der Waals surface area (Å²) in [6.45, 7) is 3.95. The highest BCUT2D eigenvalue weighted by atomic mass is 35.5. The fraction of sp³-hybridized carbons (Fsp3) is 0.125. The molecule has 0 aliphatic heterocycles. The van der Waals surface area contributed by atoms with Gasteiger partial charge >= 0.3 is 6.03 Å². The number of nitrogens with zero attached hydrogens (tertiary/aromatic N) is 2. The van der Waals surface area contributed by atoms with E-state index in [1.807, 2.05) is 61.7 Å². The van der Waals surface area contributed by atoms with Gasteiger partial charge < -0.3 is 20.5 Å². The molecule has 3 N–H and O–H groups in total. The van der Waals surface area contributed by atoms with Crippen molar-refractivity contribution in [3.63, 3.8) is 0 Å². The minimum atomic E-state index is -0.348. The van der Waals surface area contributed by atoms with Crippen LogP contribution in [-0.2, 0) is 11.3 Å². The van der Waals surface area contributed by atoms with Gasteiger partial charge in [-0.15, -0.1) is 0 Å². The lowest BCUT2D eigenvalue weighted by atomic mass is 10.2. The molecule has 0 bridgehead atoms. The molecule has 32 heavy (non-hydrogen) atoms. The van der Waals surface area contributed by atoms with E-state index in [0.717, 1.165) is 22.0 Å². The Labute approximate surface area is 190 Å². The van der Waals surface area contributed by atoms with Crippen molar-refractivity contribution in [2.24, 2.45) is 0 Å². The van der Waals surface area contributed by atoms with E-state index in [1.54, 1.807) is 12.3 Å². The number of aromatic nitrogens is 2. The Kier molecular flexibility index (Phi) is 6.09. The van der Waals surface area contributed by atoms with Gasteiger partial charge in [0.15, 0.2) is 0 Å². The molecule has 7 nitrogen and oxygen atoms in total. The summed E-state index contributed by atoms with van der Waals surface area (Å²) >= 11 is 6.14. The van der Waals surface area contributed by atoms with E-state index in [2.05, 4.69) is 25.5 Å². The Morgan fingerprint density at radius 2 is 1.88 bits per heavy atom. The van der Waals surface area contributed by atoms with Crippen molar-refractivity contribution in [1.82, 2.24) is 9.55 Å². The largest absolute Gasteiger partial charge is 0.343 e. The number of hydrogen-bond acceptors (Lipinski definition) is 3. The van der Waals surface area contributed by atoms with Gasteiger partial charge in [-0.3, -0.25) is 4.79 Å². The number of rotatable bonds is 5. The Morgan fingerprint density at radius 3 is 2.66 bits per heavy atom. The highest BCUT2D eigenvalue weighted by Gasteiger charge is 2.10. The molecule has 3 amide bonds. The predicted octanol–water partition coefficient (Wildman–Crippen LogP) is 5.65. The molecule has 162 valence electrons. The smallest absolute Gasteiger partial charge is 0.323 e. The summed E-state index contributed by atoms with van der Waals surface area (Å²) in [7, 11) is 0. The second-order valence-electron chi connectivity index (χ2n) is 7.46. The average molecular weight is 448 g/mol. The van der Waals surface area contributed by atoms with Gasteiger partial charge in [0, 0.05) is 42.0 Å². The van der Waals surface area contributed by atoms with Gasteiger partial charge in [0.25, 0.3) is 0 Å². The third-order valence-electron chi connectivity index (χ3n) is 4.97. The quantitative estimate of drug-likeness (QED) is 0.369. The molecule has 2 heterocycles. The van der Waals surface area contributed by atoms with E-state index >= 15 is 0 Å². The number of urea groups is 1. The predicted molar refractivity (Wildman–Crippen MR) is 128 cm³/mol. The van der Waals surface area contributed by atoms with Crippen LogP contribution in [0.5, 0.6) is 0 Å². The van der Waals surface area contributed by atoms with Crippen molar-refractivity contribution < 1.29 is 9.59 Å². The fourth-order valence-corrected chi connectivity index (χ4v) is 3.62. The molecule has 0 spiro atoms. The standard InChI is InChI=1S/C24H22ClN5O2/c1-15-6-7-18(13-20(15)25)28-24(32)29-21-4-3-5-22-19(21)9-11-30(22)14-17-8-10-26-23(12-17)27-16(2)31/h3-13H,14H2,1-2H3,(H,26,27,31)(H2,28,29,32). The highest BCUT2D eigenvalue weighted by Crippen LogP contribution is 2.26. The first kappa shape index (κ1) is 21.4. The van der Waals surface area contributed by atoms with Crippen LogP contribution in [0.1, 0.15) is 18.1 Å². The van der Waals surface area contributed by atoms with Gasteiger partial charge in [-0.1, -0.05) is 23.7 Å². The molecule has 0 radical (unpaired) electrons. The number of anilines is 3. The second-order valence-corrected chi connectivity index (χ2v) is 7.86. The highest BCUT2D eigenvalue weighted by molar-refractivity contribution is 6.31. The molecule has 0 atom stereocenters. The first-order valence-corrected chi connectivity index (χ1v) is 10.4. The van der Waals surface area contributed by atoms with Gasteiger partial charge in [0.05, 0.1) is 11.2 Å². The Bertz CT molecular complexity index is 1310. The lowest BCUT2D eigenvalue weighted by Crippen LogP contribution is -2.19. The maximum Gasteiger partial charge on any atom is 0.323 e. The van der Waals surface area contributed by atoms with E-state index < -0.39 is 0 Å². The van der Waals surface area contributed by atoms with Gasteiger partial charge in [-0.05, 0) is 60.5 Å². The molecule has 0 saturated heterocycles. The maximum absolute atomic E-state index is 12.5. The first-order valence-electron chi connectivity index (χ1n) is 10.0. The number of fused-ring (bicyclic) bond motifs is 1. The van der Waals surface area contributed by atoms with Gasteiger partial charge in [0.1, 0.15) is 5.82 Å². The fourth-order valence-electron chi connectivity index (χ4n) is 3.44. The van der Waals surface area contributed by atoms with E-state index in [9.17, 15) is 9.59 Å². The molecule has 0 aliphatic carbocycles. The third-order valence-corrected chi connectivity index (χ3v) is 5.38. The lowest BCUT2D eigenvalue weighted by molar-refractivity contribution is -0.114.